The zero-order valence-electron chi connectivity index (χ0n) is 81.6. The molecule has 8 aromatic rings. The van der Waals surface area contributed by atoms with Crippen LogP contribution in [0.2, 0.25) is 5.02 Å². The molecule has 33 nitrogen and oxygen atoms in total. The van der Waals surface area contributed by atoms with Gasteiger partial charge in [0, 0.05) is 76.7 Å². The molecule has 6 aliphatic rings. The summed E-state index contributed by atoms with van der Waals surface area (Å²) in [7, 11) is 1.64. The molecule has 752 valence electrons. The van der Waals surface area contributed by atoms with Crippen LogP contribution in [0, 0.1) is 30.5 Å². The van der Waals surface area contributed by atoms with Crippen molar-refractivity contribution in [2.75, 3.05) is 54.6 Å². The van der Waals surface area contributed by atoms with Gasteiger partial charge in [-0.05, 0) is 177 Å². The number of likely N-dealkylation sites (tertiary alicyclic amines) is 2. The second-order valence-electron chi connectivity index (χ2n) is 40.1. The molecule has 6 aromatic carbocycles. The number of ether oxygens (including phenoxy) is 3. The van der Waals surface area contributed by atoms with Crippen LogP contribution in [0.5, 0.6) is 11.5 Å². The Bertz CT molecular complexity index is 5990. The van der Waals surface area contributed by atoms with Crippen molar-refractivity contribution in [3.63, 3.8) is 0 Å². The van der Waals surface area contributed by atoms with Gasteiger partial charge >= 0.3 is 6.09 Å². The summed E-state index contributed by atoms with van der Waals surface area (Å²) in [6.07, 6.45) is 0.336. The minimum atomic E-state index is -1.18. The van der Waals surface area contributed by atoms with Gasteiger partial charge in [0.25, 0.3) is 0 Å². The summed E-state index contributed by atoms with van der Waals surface area (Å²) in [5.74, 6) is -5.55. The quantitative estimate of drug-likeness (QED) is 0.0159. The second-order valence-corrected chi connectivity index (χ2v) is 42.2. The van der Waals surface area contributed by atoms with Crippen molar-refractivity contribution in [1.29, 1.82) is 0 Å². The molecule has 0 bridgehead atoms. The molecule has 2 saturated heterocycles. The SMILES string of the molecule is Cc1ncsc1-c1ccc([C@H](C)NC(=O)[C@@H]2C[C@@H](Oc3ccc4c5c3CC[C@H](N)C(=O)N5[C@H](C(=O)NC(CCC(N)=O)CN(C)c3cccc(CCCCOC(=O)N[C@H](C(=O)N5C[C@H](O)C[C@H]5C(=O)N[C@@H](C)c5ccc(-c6scnc6C)cc5)C(C)(C)C)c3F)C4)CN2C(=O)C(NC(=O)CCCc2cccc(OC[C@H](CCC(N)=O)NC(=O)[C@@H]3Cc4cccc5c4N3C(=O)[C@@H](N)CC5)c2Cl)C(C)(C)C)cc1. The van der Waals surface area contributed by atoms with Gasteiger partial charge in [0.15, 0.2) is 0 Å². The highest BCUT2D eigenvalue weighted by Gasteiger charge is 2.51. The van der Waals surface area contributed by atoms with Gasteiger partial charge in [0.1, 0.15) is 66.3 Å². The molecule has 2 fully saturated rings. The molecule has 0 aliphatic carbocycles. The van der Waals surface area contributed by atoms with Crippen molar-refractivity contribution in [3.05, 3.63) is 193 Å². The Morgan fingerprint density at radius 3 is 1.67 bits per heavy atom. The van der Waals surface area contributed by atoms with Crippen molar-refractivity contribution in [2.45, 2.75) is 270 Å². The number of thiazole rings is 2. The number of nitrogens with zero attached hydrogens (tertiary/aromatic N) is 7. The van der Waals surface area contributed by atoms with E-state index in [0.717, 1.165) is 54.5 Å². The number of nitrogens with two attached hydrogens (primary N) is 4. The molecular weight excluding hydrogens is 1860 g/mol. The standard InChI is InChI=1S/C104H129ClFN17O16S2/c1-56(60-27-31-65(32-28-60)90-58(3)111-54-140-90)113-94(128)77-48-71(124)51-120(77)101(135)93(104(8,9)10)118-102(136)137-45-13-12-18-63-21-15-24-76(87(63)106)119(11)50-69(37-43-83(109)125)115-96(130)80-47-68-36-42-81(73-39-41-75(108)99(133)123(80)89(68)73)139-72-49-78(95(129)114-57(2)61-29-33-66(34-30-61)91-59(4)112-55-141-91)121(52-72)100(134)92(103(5,6)7)117-85(127)26-17-20-62-19-16-25-82(86(62)105)138-53-70(38-44-84(110)126)116-97(131)79-46-67-23-14-22-64-35-40-74(107)98(132)122(79)88(64)67/h14-16,19,21-25,27-34,36,42,54-57,69-72,74-75,77-80,92-93,124H,12-13,17-18,20,26,35,37-41,43-53,107-108H2,1-11H3,(H2,109,125)(H2,110,126)(H,113,128)(H,114,129)(H,115,130)(H,116,131)(H,117,127)(H,118,136)/t56-,57-,69?,70-,71+,72+,74-,75-,77-,78-,79-,80-,92?,93+/m0/s1. The number of hydrogen-bond acceptors (Lipinski definition) is 23. The van der Waals surface area contributed by atoms with Gasteiger partial charge in [-0.3, -0.25) is 62.5 Å². The van der Waals surface area contributed by atoms with Crippen LogP contribution < -0.4 is 79.0 Å². The number of likely N-dealkylation sites (N-methyl/N-ethyl adjacent to an activating group) is 1. The zero-order chi connectivity index (χ0) is 101. The number of amides is 12. The minimum Gasteiger partial charge on any atom is -0.490 e. The minimum absolute atomic E-state index is 0.0000553. The summed E-state index contributed by atoms with van der Waals surface area (Å²) in [6.45, 7) is 17.8. The fourth-order valence-electron chi connectivity index (χ4n) is 19.7. The number of halogens is 2. The number of carbonyl (C=O) groups excluding carboxylic acids is 12. The summed E-state index contributed by atoms with van der Waals surface area (Å²) in [5.41, 5.74) is 36.9. The largest absolute Gasteiger partial charge is 0.490 e. The van der Waals surface area contributed by atoms with E-state index in [4.69, 9.17) is 48.7 Å². The predicted octanol–water partition coefficient (Wildman–Crippen LogP) is 10.2. The monoisotopic (exact) mass is 1990 g/mol. The maximum absolute atomic E-state index is 16.9. The lowest BCUT2D eigenvalue weighted by Crippen LogP contribution is -2.58. The zero-order valence-corrected chi connectivity index (χ0v) is 83.9. The number of nitrogens with one attached hydrogen (secondary N) is 6. The highest BCUT2D eigenvalue weighted by Crippen LogP contribution is 2.46. The van der Waals surface area contributed by atoms with E-state index >= 15 is 18.8 Å². The van der Waals surface area contributed by atoms with Crippen molar-refractivity contribution in [1.82, 2.24) is 51.7 Å². The predicted molar refractivity (Wildman–Crippen MR) is 536 cm³/mol. The van der Waals surface area contributed by atoms with Crippen LogP contribution in [0.25, 0.3) is 20.9 Å². The van der Waals surface area contributed by atoms with E-state index < -0.39 is 167 Å². The Balaban J connectivity index is 0.605. The molecule has 0 radical (unpaired) electrons. The van der Waals surface area contributed by atoms with Gasteiger partial charge in [-0.15, -0.1) is 22.7 Å². The maximum Gasteiger partial charge on any atom is 0.407 e. The molecule has 2 aromatic heterocycles. The highest BCUT2D eigenvalue weighted by atomic mass is 35.5. The fourth-order valence-corrected chi connectivity index (χ4v) is 21.6. The third kappa shape index (κ3) is 24.6. The Labute approximate surface area is 833 Å². The van der Waals surface area contributed by atoms with Crippen LogP contribution in [-0.2, 0) is 96.0 Å². The number of β-amino-alcohol motifs (C(OH)–C–C–N with tert-alkyl or cyclic N) is 1. The summed E-state index contributed by atoms with van der Waals surface area (Å²) < 4.78 is 35.8. The number of carbonyl (C=O) groups is 12. The molecular formula is C104H129ClFN17O16S2. The number of aryl methyl sites for hydroxylation is 5. The number of unbranched alkanes of at least 4 members (excludes halogenated alkanes) is 1. The number of para-hydroxylation sites is 1. The number of benzene rings is 6. The van der Waals surface area contributed by atoms with Crippen LogP contribution in [-0.4, -0.2) is 208 Å². The number of aliphatic hydroxyl groups is 1. The van der Waals surface area contributed by atoms with Crippen LogP contribution in [0.15, 0.2) is 126 Å². The smallest absolute Gasteiger partial charge is 0.407 e. The topological polar surface area (TPSA) is 471 Å². The molecule has 0 spiro atoms. The lowest BCUT2D eigenvalue weighted by Gasteiger charge is -2.35. The Kier molecular flexibility index (Phi) is 33.4. The summed E-state index contributed by atoms with van der Waals surface area (Å²) >= 11 is 10.1. The third-order valence-corrected chi connectivity index (χ3v) is 29.9. The van der Waals surface area contributed by atoms with E-state index in [1.807, 2.05) is 115 Å². The molecule has 0 saturated carbocycles. The van der Waals surface area contributed by atoms with Gasteiger partial charge in [0.2, 0.25) is 65.0 Å². The van der Waals surface area contributed by atoms with Crippen molar-refractivity contribution in [2.24, 2.45) is 33.8 Å². The number of anilines is 3. The van der Waals surface area contributed by atoms with Gasteiger partial charge in [-0.1, -0.05) is 150 Å². The molecule has 141 heavy (non-hydrogen) atoms. The molecule has 2 unspecified atom stereocenters. The van der Waals surface area contributed by atoms with Crippen molar-refractivity contribution in [3.8, 4) is 32.4 Å². The van der Waals surface area contributed by atoms with E-state index in [1.165, 1.54) is 42.3 Å². The van der Waals surface area contributed by atoms with Crippen LogP contribution in [0.1, 0.15) is 200 Å². The van der Waals surface area contributed by atoms with E-state index in [-0.39, 0.29) is 139 Å². The molecule has 14 atom stereocenters. The molecule has 12 amide bonds. The van der Waals surface area contributed by atoms with E-state index in [1.54, 1.807) is 92.3 Å². The maximum atomic E-state index is 16.9. The molecule has 14 rings (SSSR count). The summed E-state index contributed by atoms with van der Waals surface area (Å²) in [5, 5.41) is 29.1. The lowest BCUT2D eigenvalue weighted by atomic mass is 9.85. The van der Waals surface area contributed by atoms with Gasteiger partial charge in [-0.2, -0.15) is 0 Å². The fraction of sp³-hybridized carbons (Fsp3) is 0.481. The number of rotatable bonds is 39. The molecule has 6 aliphatic heterocycles. The van der Waals surface area contributed by atoms with Gasteiger partial charge in [-0.25, -0.2) is 19.2 Å². The summed E-state index contributed by atoms with van der Waals surface area (Å²) in [4.78, 5) is 188. The average molecular weight is 1990 g/mol. The van der Waals surface area contributed by atoms with Crippen molar-refractivity contribution >= 4 is 122 Å². The molecule has 8 heterocycles. The number of alkyl carbamates (subject to hydrolysis) is 1. The number of primary amides is 2. The normalized spacial score (nSPS) is 20.0. The first-order valence-corrected chi connectivity index (χ1v) is 50.5. The first-order valence-electron chi connectivity index (χ1n) is 48.4. The Morgan fingerprint density at radius 1 is 0.574 bits per heavy atom. The van der Waals surface area contributed by atoms with Crippen LogP contribution in [0.3, 0.4) is 0 Å². The lowest BCUT2D eigenvalue weighted by molar-refractivity contribution is -0.144. The second kappa shape index (κ2) is 45.2. The van der Waals surface area contributed by atoms with E-state index in [9.17, 15) is 48.3 Å². The molecule has 15 N–H and O–H groups in total. The average Bonchev–Trinajstić information content (AvgIpc) is 1.55. The van der Waals surface area contributed by atoms with E-state index in [2.05, 4.69) is 41.9 Å². The van der Waals surface area contributed by atoms with Gasteiger partial charge < -0.3 is 88.9 Å². The number of aliphatic hydroxyl groups excluding tert-OH is 1. The van der Waals surface area contributed by atoms with Crippen LogP contribution >= 0.6 is 34.3 Å². The number of hydrogen-bond donors (Lipinski definition) is 11. The first kappa shape index (κ1) is 104. The van der Waals surface area contributed by atoms with Gasteiger partial charge in [0.05, 0.1) is 104 Å². The Hall–Kier alpha value is -12.5. The first-order chi connectivity index (χ1) is 67.1. The molecule has 37 heteroatoms. The summed E-state index contributed by atoms with van der Waals surface area (Å²) in [6, 6.07) is 24.0. The Morgan fingerprint density at radius 2 is 1.09 bits per heavy atom. The highest BCUT2D eigenvalue weighted by molar-refractivity contribution is 7.13. The third-order valence-electron chi connectivity index (χ3n) is 27.5. The number of aromatic nitrogens is 2. The van der Waals surface area contributed by atoms with Crippen LogP contribution in [0.4, 0.5) is 26.2 Å². The van der Waals surface area contributed by atoms with E-state index in [0.29, 0.717) is 71.5 Å². The van der Waals surface area contributed by atoms with Crippen molar-refractivity contribution < 1.29 is 81.2 Å².